The van der Waals surface area contributed by atoms with E-state index in [4.69, 9.17) is 9.96 Å². The molecule has 0 heterocycles. The van der Waals surface area contributed by atoms with Gasteiger partial charge in [-0.2, -0.15) is 4.31 Å². The Hall–Kier alpha value is -0.603. The van der Waals surface area contributed by atoms with Crippen LogP contribution >= 0.6 is 0 Å². The molecule has 0 aliphatic rings. The van der Waals surface area contributed by atoms with Crippen molar-refractivity contribution in [1.82, 2.24) is 4.31 Å². The summed E-state index contributed by atoms with van der Waals surface area (Å²) in [6, 6.07) is 0. The van der Waals surface area contributed by atoms with E-state index in [1.807, 2.05) is 0 Å². The van der Waals surface area contributed by atoms with Crippen molar-refractivity contribution in [2.75, 3.05) is 20.2 Å². The van der Waals surface area contributed by atoms with Gasteiger partial charge in [-0.25, -0.2) is 8.42 Å². The van der Waals surface area contributed by atoms with Crippen molar-refractivity contribution in [3.05, 3.63) is 10.4 Å². The molecule has 0 aromatic carbocycles. The Morgan fingerprint density at radius 2 is 1.81 bits per heavy atom. The molecule has 124 valence electrons. The Bertz CT molecular complexity index is 467. The van der Waals surface area contributed by atoms with Gasteiger partial charge in [0.15, 0.2) is 8.32 Å². The fourth-order valence-electron chi connectivity index (χ4n) is 1.38. The SMILES string of the molecule is CN(CCCCCO[Si](C)(C)C(C)(C)C)S(=O)(=O)N=[N+]=[N-]. The molecule has 0 rings (SSSR count). The van der Waals surface area contributed by atoms with E-state index in [9.17, 15) is 8.42 Å². The molecule has 0 unspecified atom stereocenters. The molecular formula is C12H28N4O3SSi. The first-order valence-electron chi connectivity index (χ1n) is 7.10. The molecule has 0 fully saturated rings. The minimum atomic E-state index is -3.83. The molecule has 0 N–H and O–H groups in total. The minimum absolute atomic E-state index is 0.205. The highest BCUT2D eigenvalue weighted by Crippen LogP contribution is 2.36. The van der Waals surface area contributed by atoms with Gasteiger partial charge in [-0.3, -0.25) is 0 Å². The first-order valence-corrected chi connectivity index (χ1v) is 11.4. The van der Waals surface area contributed by atoms with E-state index in [1.165, 1.54) is 7.05 Å². The molecule has 0 radical (unpaired) electrons. The first-order chi connectivity index (χ1) is 9.44. The van der Waals surface area contributed by atoms with Crippen LogP contribution in [-0.2, 0) is 14.6 Å². The summed E-state index contributed by atoms with van der Waals surface area (Å²) < 4.78 is 32.7. The van der Waals surface area contributed by atoms with Crippen LogP contribution in [0.4, 0.5) is 0 Å². The summed E-state index contributed by atoms with van der Waals surface area (Å²) in [5.74, 6) is 0. The van der Waals surface area contributed by atoms with Gasteiger partial charge in [-0.05, 0) is 42.9 Å². The van der Waals surface area contributed by atoms with Crippen LogP contribution in [0.3, 0.4) is 0 Å². The number of nitrogens with zero attached hydrogens (tertiary/aromatic N) is 4. The highest BCUT2D eigenvalue weighted by atomic mass is 32.2. The van der Waals surface area contributed by atoms with Gasteiger partial charge in [0.25, 0.3) is 0 Å². The molecule has 0 amide bonds. The van der Waals surface area contributed by atoms with Gasteiger partial charge in [0.2, 0.25) is 0 Å². The smallest absolute Gasteiger partial charge is 0.302 e. The largest absolute Gasteiger partial charge is 0.417 e. The fraction of sp³-hybridized carbons (Fsp3) is 1.00. The molecule has 0 aliphatic carbocycles. The van der Waals surface area contributed by atoms with Crippen LogP contribution in [0.1, 0.15) is 40.0 Å². The van der Waals surface area contributed by atoms with Crippen LogP contribution in [0.2, 0.25) is 18.1 Å². The average Bonchev–Trinajstić information content (AvgIpc) is 2.31. The Balaban J connectivity index is 3.97. The maximum atomic E-state index is 11.4. The zero-order chi connectivity index (χ0) is 16.7. The topological polar surface area (TPSA) is 95.4 Å². The Morgan fingerprint density at radius 3 is 2.29 bits per heavy atom. The summed E-state index contributed by atoms with van der Waals surface area (Å²) in [5, 5.41) is 0.205. The first kappa shape index (κ1) is 20.4. The molecule has 0 aromatic heterocycles. The second kappa shape index (κ2) is 8.14. The summed E-state index contributed by atoms with van der Waals surface area (Å²) in [7, 11) is -4.10. The lowest BCUT2D eigenvalue weighted by Crippen LogP contribution is -2.40. The van der Waals surface area contributed by atoms with Crippen molar-refractivity contribution >= 4 is 18.5 Å². The highest BCUT2D eigenvalue weighted by molar-refractivity contribution is 7.87. The molecule has 0 aromatic rings. The van der Waals surface area contributed by atoms with Crippen molar-refractivity contribution in [2.24, 2.45) is 4.52 Å². The molecule has 0 aliphatic heterocycles. The average molecular weight is 337 g/mol. The molecule has 0 saturated heterocycles. The predicted octanol–water partition coefficient (Wildman–Crippen LogP) is 3.67. The van der Waals surface area contributed by atoms with Crippen molar-refractivity contribution in [3.63, 3.8) is 0 Å². The van der Waals surface area contributed by atoms with Crippen molar-refractivity contribution < 1.29 is 12.8 Å². The number of azide groups is 1. The van der Waals surface area contributed by atoms with Gasteiger partial charge in [-0.15, -0.1) is 0 Å². The van der Waals surface area contributed by atoms with Gasteiger partial charge in [0.1, 0.15) is 0 Å². The molecule has 0 saturated carbocycles. The summed E-state index contributed by atoms with van der Waals surface area (Å²) in [4.78, 5) is 2.32. The standard InChI is InChI=1S/C12H28N4O3SSi/c1-12(2,3)21(5,6)19-11-9-7-8-10-16(4)20(17,18)15-14-13/h7-11H2,1-6H3. The second-order valence-electron chi connectivity index (χ2n) is 6.64. The zero-order valence-corrected chi connectivity index (χ0v) is 15.8. The summed E-state index contributed by atoms with van der Waals surface area (Å²) >= 11 is 0. The third kappa shape index (κ3) is 7.28. The molecule has 0 atom stereocenters. The second-order valence-corrected chi connectivity index (χ2v) is 13.1. The summed E-state index contributed by atoms with van der Waals surface area (Å²) in [6.07, 6.45) is 2.50. The van der Waals surface area contributed by atoms with Gasteiger partial charge in [0.05, 0.1) is 0 Å². The number of hydrogen-bond donors (Lipinski definition) is 0. The maximum Gasteiger partial charge on any atom is 0.302 e. The van der Waals surface area contributed by atoms with Crippen LogP contribution < -0.4 is 0 Å². The van der Waals surface area contributed by atoms with E-state index >= 15 is 0 Å². The van der Waals surface area contributed by atoms with Crippen molar-refractivity contribution in [3.8, 4) is 0 Å². The highest BCUT2D eigenvalue weighted by Gasteiger charge is 2.36. The van der Waals surface area contributed by atoms with Crippen LogP contribution in [-0.4, -0.2) is 41.2 Å². The van der Waals surface area contributed by atoms with Gasteiger partial charge >= 0.3 is 10.2 Å². The van der Waals surface area contributed by atoms with E-state index in [-0.39, 0.29) is 5.04 Å². The minimum Gasteiger partial charge on any atom is -0.417 e. The predicted molar refractivity (Wildman–Crippen MR) is 87.7 cm³/mol. The van der Waals surface area contributed by atoms with E-state index in [0.29, 0.717) is 13.2 Å². The maximum absolute atomic E-state index is 11.4. The number of hydrogen-bond acceptors (Lipinski definition) is 3. The zero-order valence-electron chi connectivity index (χ0n) is 14.0. The molecule has 7 nitrogen and oxygen atoms in total. The van der Waals surface area contributed by atoms with Crippen LogP contribution in [0.5, 0.6) is 0 Å². The van der Waals surface area contributed by atoms with Crippen LogP contribution in [0.15, 0.2) is 4.52 Å². The van der Waals surface area contributed by atoms with Crippen molar-refractivity contribution in [1.29, 1.82) is 0 Å². The van der Waals surface area contributed by atoms with E-state index in [2.05, 4.69) is 43.3 Å². The third-order valence-corrected chi connectivity index (χ3v) is 9.71. The van der Waals surface area contributed by atoms with E-state index in [1.54, 1.807) is 0 Å². The summed E-state index contributed by atoms with van der Waals surface area (Å²) in [5.41, 5.74) is 8.17. The Morgan fingerprint density at radius 1 is 1.24 bits per heavy atom. The lowest BCUT2D eigenvalue weighted by Gasteiger charge is -2.36. The van der Waals surface area contributed by atoms with Crippen LogP contribution in [0.25, 0.3) is 10.4 Å². The van der Waals surface area contributed by atoms with E-state index < -0.39 is 18.5 Å². The van der Waals surface area contributed by atoms with Crippen LogP contribution in [0, 0.1) is 0 Å². The molecule has 9 heteroatoms. The molecular weight excluding hydrogens is 308 g/mol. The Labute approximate surface area is 129 Å². The molecule has 0 bridgehead atoms. The molecule has 0 spiro atoms. The molecule has 21 heavy (non-hydrogen) atoms. The van der Waals surface area contributed by atoms with Gasteiger partial charge in [0, 0.05) is 29.6 Å². The van der Waals surface area contributed by atoms with Crippen molar-refractivity contribution in [2.45, 2.75) is 58.2 Å². The fourth-order valence-corrected chi connectivity index (χ4v) is 3.05. The summed E-state index contributed by atoms with van der Waals surface area (Å²) in [6.45, 7) is 12.1. The van der Waals surface area contributed by atoms with E-state index in [0.717, 1.165) is 23.6 Å². The number of unbranched alkanes of at least 4 members (excludes halogenated alkanes) is 2. The normalized spacial score (nSPS) is 13.3. The monoisotopic (exact) mass is 336 g/mol. The van der Waals surface area contributed by atoms with Gasteiger partial charge < -0.3 is 4.43 Å². The quantitative estimate of drug-likeness (QED) is 0.211. The Kier molecular flexibility index (Phi) is 7.91. The third-order valence-electron chi connectivity index (χ3n) is 3.92. The lowest BCUT2D eigenvalue weighted by atomic mass is 10.2. The number of rotatable bonds is 9. The lowest BCUT2D eigenvalue weighted by molar-refractivity contribution is 0.276. The van der Waals surface area contributed by atoms with Gasteiger partial charge in [-0.1, -0.05) is 20.8 Å².